The molecule has 1 N–H and O–H groups in total. The maximum absolute atomic E-state index is 14.2. The molecule has 210 valence electrons. The van der Waals surface area contributed by atoms with Gasteiger partial charge in [-0.05, 0) is 37.3 Å². The average molecular weight is 551 g/mol. The summed E-state index contributed by atoms with van der Waals surface area (Å²) < 4.78 is 35.1. The predicted molar refractivity (Wildman–Crippen MR) is 146 cm³/mol. The molecular weight excluding hydrogens is 518 g/mol. The van der Waals surface area contributed by atoms with Gasteiger partial charge in [-0.25, -0.2) is 8.78 Å². The zero-order chi connectivity index (χ0) is 28.2. The molecular formula is C30H32F2N4O4. The topological polar surface area (TPSA) is 83.9 Å². The molecule has 2 aliphatic rings. The fourth-order valence-corrected chi connectivity index (χ4v) is 5.32. The van der Waals surface area contributed by atoms with Gasteiger partial charge in [0.15, 0.2) is 11.4 Å². The van der Waals surface area contributed by atoms with E-state index < -0.39 is 23.0 Å². The van der Waals surface area contributed by atoms with Gasteiger partial charge in [-0.15, -0.1) is 0 Å². The molecule has 0 saturated heterocycles. The number of amides is 2. The molecule has 5 rings (SSSR count). The minimum Gasteiger partial charge on any atom is -0.482 e. The number of halogens is 2. The molecule has 1 aliphatic heterocycles. The van der Waals surface area contributed by atoms with Crippen molar-refractivity contribution in [2.75, 3.05) is 24.8 Å². The first-order valence-corrected chi connectivity index (χ1v) is 13.6. The lowest BCUT2D eigenvalue weighted by atomic mass is 10.1. The average Bonchev–Trinajstić information content (AvgIpc) is 3.47. The Morgan fingerprint density at radius 3 is 2.52 bits per heavy atom. The van der Waals surface area contributed by atoms with Gasteiger partial charge in [0.2, 0.25) is 5.43 Å². The van der Waals surface area contributed by atoms with Crippen LogP contribution < -0.4 is 20.5 Å². The third-order valence-electron chi connectivity index (χ3n) is 7.53. The lowest BCUT2D eigenvalue weighted by molar-refractivity contribution is 0.0688. The van der Waals surface area contributed by atoms with E-state index in [1.54, 1.807) is 9.58 Å². The number of carbonyl (C=O) groups is 2. The molecule has 40 heavy (non-hydrogen) atoms. The van der Waals surface area contributed by atoms with Gasteiger partial charge in [-0.2, -0.15) is 0 Å². The summed E-state index contributed by atoms with van der Waals surface area (Å²) in [6.45, 7) is 3.05. The van der Waals surface area contributed by atoms with E-state index in [0.29, 0.717) is 25.7 Å². The second-order valence-electron chi connectivity index (χ2n) is 10.2. The second-order valence-corrected chi connectivity index (χ2v) is 10.2. The first kappa shape index (κ1) is 27.4. The van der Waals surface area contributed by atoms with Crippen LogP contribution in [0.3, 0.4) is 0 Å². The van der Waals surface area contributed by atoms with Crippen LogP contribution in [0, 0.1) is 17.6 Å². The van der Waals surface area contributed by atoms with Crippen LogP contribution in [0.1, 0.15) is 64.6 Å². The Morgan fingerprint density at radius 1 is 1.07 bits per heavy atom. The molecule has 1 saturated carbocycles. The summed E-state index contributed by atoms with van der Waals surface area (Å²) in [7, 11) is 0. The molecule has 0 spiro atoms. The number of ether oxygens (including phenoxy) is 1. The van der Waals surface area contributed by atoms with Crippen molar-refractivity contribution in [2.24, 2.45) is 5.92 Å². The molecule has 0 radical (unpaired) electrons. The molecule has 8 nitrogen and oxygen atoms in total. The van der Waals surface area contributed by atoms with Gasteiger partial charge >= 0.3 is 0 Å². The van der Waals surface area contributed by atoms with Gasteiger partial charge in [-0.3, -0.25) is 24.1 Å². The number of rotatable bonds is 9. The Bertz CT molecular complexity index is 1450. The van der Waals surface area contributed by atoms with Crippen LogP contribution >= 0.6 is 0 Å². The minimum atomic E-state index is -0.803. The van der Waals surface area contributed by atoms with Crippen LogP contribution in [0.25, 0.3) is 0 Å². The molecule has 0 unspecified atom stereocenters. The van der Waals surface area contributed by atoms with E-state index in [1.165, 1.54) is 12.3 Å². The first-order valence-electron chi connectivity index (χ1n) is 13.6. The first-order chi connectivity index (χ1) is 19.4. The maximum Gasteiger partial charge on any atom is 0.277 e. The number of carbonyl (C=O) groups excluding carboxylic acids is 2. The SMILES string of the molecule is CCN1CN(CC2CCCC2)n2cc(C(=O)NCc3ccc(F)cc3F)c(=O)c(OCc3ccccc3)c2C1=O. The van der Waals surface area contributed by atoms with Crippen LogP contribution in [-0.2, 0) is 13.2 Å². The molecule has 1 aromatic heterocycles. The van der Waals surface area contributed by atoms with Crippen molar-refractivity contribution in [2.45, 2.75) is 45.8 Å². The van der Waals surface area contributed by atoms with Crippen LogP contribution in [0.2, 0.25) is 0 Å². The van der Waals surface area contributed by atoms with Gasteiger partial charge < -0.3 is 15.0 Å². The van der Waals surface area contributed by atoms with E-state index >= 15 is 0 Å². The van der Waals surface area contributed by atoms with Crippen LogP contribution in [-0.4, -0.2) is 41.1 Å². The highest BCUT2D eigenvalue weighted by molar-refractivity contribution is 5.99. The number of nitrogens with one attached hydrogen (secondary N) is 1. The van der Waals surface area contributed by atoms with Gasteiger partial charge in [0.25, 0.3) is 11.8 Å². The molecule has 2 aromatic carbocycles. The largest absolute Gasteiger partial charge is 0.482 e. The van der Waals surface area contributed by atoms with Crippen LogP contribution in [0.5, 0.6) is 5.75 Å². The van der Waals surface area contributed by atoms with Gasteiger partial charge in [-0.1, -0.05) is 49.2 Å². The summed E-state index contributed by atoms with van der Waals surface area (Å²) in [4.78, 5) is 42.2. The van der Waals surface area contributed by atoms with Crippen molar-refractivity contribution >= 4 is 11.8 Å². The predicted octanol–water partition coefficient (Wildman–Crippen LogP) is 4.20. The summed E-state index contributed by atoms with van der Waals surface area (Å²) in [6.07, 6.45) is 5.80. The maximum atomic E-state index is 14.2. The summed E-state index contributed by atoms with van der Waals surface area (Å²) in [5.74, 6) is -2.42. The monoisotopic (exact) mass is 550 g/mol. The van der Waals surface area contributed by atoms with Gasteiger partial charge in [0, 0.05) is 37.5 Å². The number of pyridine rings is 1. The lowest BCUT2D eigenvalue weighted by Crippen LogP contribution is -2.55. The van der Waals surface area contributed by atoms with E-state index in [-0.39, 0.29) is 41.6 Å². The summed E-state index contributed by atoms with van der Waals surface area (Å²) in [6, 6.07) is 12.3. The molecule has 0 atom stereocenters. The van der Waals surface area contributed by atoms with Crippen molar-refractivity contribution < 1.29 is 23.1 Å². The Balaban J connectivity index is 1.54. The summed E-state index contributed by atoms with van der Waals surface area (Å²) >= 11 is 0. The fraction of sp³-hybridized carbons (Fsp3) is 0.367. The third kappa shape index (κ3) is 5.71. The molecule has 0 bridgehead atoms. The second kappa shape index (κ2) is 11.9. The van der Waals surface area contributed by atoms with Gasteiger partial charge in [0.1, 0.15) is 30.5 Å². The third-order valence-corrected chi connectivity index (χ3v) is 7.53. The highest BCUT2D eigenvalue weighted by atomic mass is 19.1. The number of hydrogen-bond donors (Lipinski definition) is 1. The standard InChI is InChI=1S/C30H32F2N4O4/c1-2-34-19-35(16-20-8-6-7-9-20)36-17-24(29(38)33-15-22-12-13-23(31)14-25(22)32)27(37)28(26(36)30(34)39)40-18-21-10-4-3-5-11-21/h3-5,10-14,17,20H,2,6-9,15-16,18-19H2,1H3,(H,33,38). The molecule has 1 aliphatic carbocycles. The smallest absolute Gasteiger partial charge is 0.277 e. The number of nitrogens with zero attached hydrogens (tertiary/aromatic N) is 3. The Hall–Kier alpha value is -4.21. The van der Waals surface area contributed by atoms with Crippen molar-refractivity contribution in [1.82, 2.24) is 14.9 Å². The summed E-state index contributed by atoms with van der Waals surface area (Å²) in [5.41, 5.74) is -0.0197. The molecule has 2 amide bonds. The van der Waals surface area contributed by atoms with Gasteiger partial charge in [0.05, 0.1) is 0 Å². The zero-order valence-corrected chi connectivity index (χ0v) is 22.4. The highest BCUT2D eigenvalue weighted by Gasteiger charge is 2.35. The normalized spacial score (nSPS) is 15.3. The Morgan fingerprint density at radius 2 is 1.82 bits per heavy atom. The zero-order valence-electron chi connectivity index (χ0n) is 22.4. The number of hydrogen-bond acceptors (Lipinski definition) is 5. The lowest BCUT2D eigenvalue weighted by Gasteiger charge is -2.41. The van der Waals surface area contributed by atoms with Crippen molar-refractivity contribution in [3.8, 4) is 5.75 Å². The molecule has 3 aromatic rings. The number of aromatic nitrogens is 1. The van der Waals surface area contributed by atoms with E-state index in [1.807, 2.05) is 42.3 Å². The van der Waals surface area contributed by atoms with E-state index in [4.69, 9.17) is 4.74 Å². The number of fused-ring (bicyclic) bond motifs is 1. The Kier molecular flexibility index (Phi) is 8.14. The minimum absolute atomic E-state index is 0.0248. The van der Waals surface area contributed by atoms with Crippen LogP contribution in [0.15, 0.2) is 59.5 Å². The Labute approximate surface area is 231 Å². The molecule has 2 heterocycles. The molecule has 10 heteroatoms. The van der Waals surface area contributed by atoms with E-state index in [9.17, 15) is 23.2 Å². The van der Waals surface area contributed by atoms with E-state index in [2.05, 4.69) is 5.32 Å². The highest BCUT2D eigenvalue weighted by Crippen LogP contribution is 2.28. The van der Waals surface area contributed by atoms with Crippen LogP contribution in [0.4, 0.5) is 8.78 Å². The molecule has 1 fully saturated rings. The fourth-order valence-electron chi connectivity index (χ4n) is 5.32. The van der Waals surface area contributed by atoms with Crippen molar-refractivity contribution in [1.29, 1.82) is 0 Å². The summed E-state index contributed by atoms with van der Waals surface area (Å²) in [5, 5.41) is 4.53. The number of benzene rings is 2. The van der Waals surface area contributed by atoms with Crippen molar-refractivity contribution in [3.05, 3.63) is 99.0 Å². The van der Waals surface area contributed by atoms with Crippen molar-refractivity contribution in [3.63, 3.8) is 0 Å². The van der Waals surface area contributed by atoms with E-state index in [0.717, 1.165) is 43.4 Å². The quantitative estimate of drug-likeness (QED) is 0.432.